The van der Waals surface area contributed by atoms with Gasteiger partial charge in [0.25, 0.3) is 5.91 Å². The normalized spacial score (nSPS) is 13.6. The Kier molecular flexibility index (Phi) is 6.40. The lowest BCUT2D eigenvalue weighted by Crippen LogP contribution is -2.27. The molecule has 9 heteroatoms. The van der Waals surface area contributed by atoms with Crippen LogP contribution in [-0.2, 0) is 10.0 Å². The van der Waals surface area contributed by atoms with Gasteiger partial charge in [-0.15, -0.1) is 0 Å². The highest BCUT2D eigenvalue weighted by atomic mass is 32.2. The zero-order valence-electron chi connectivity index (χ0n) is 16.7. The fourth-order valence-corrected chi connectivity index (χ4v) is 3.71. The van der Waals surface area contributed by atoms with E-state index in [-0.39, 0.29) is 23.4 Å². The van der Waals surface area contributed by atoms with Crippen molar-refractivity contribution in [3.63, 3.8) is 0 Å². The van der Waals surface area contributed by atoms with Gasteiger partial charge in [0.15, 0.2) is 0 Å². The van der Waals surface area contributed by atoms with Gasteiger partial charge in [-0.1, -0.05) is 11.8 Å². The molecular formula is C21H22N4O4S. The molecule has 0 radical (unpaired) electrons. The number of urea groups is 1. The van der Waals surface area contributed by atoms with Crippen molar-refractivity contribution in [3.8, 4) is 11.8 Å². The van der Waals surface area contributed by atoms with E-state index in [0.29, 0.717) is 18.7 Å². The number of nitrogens with one attached hydrogen (secondary N) is 2. The third kappa shape index (κ3) is 4.79. The Hall–Kier alpha value is -3.35. The number of carbonyl (C=O) groups excluding carboxylic acids is 2. The van der Waals surface area contributed by atoms with Gasteiger partial charge in [0.2, 0.25) is 10.0 Å². The predicted molar refractivity (Wildman–Crippen MR) is 114 cm³/mol. The molecule has 3 rings (SSSR count). The van der Waals surface area contributed by atoms with Gasteiger partial charge < -0.3 is 10.6 Å². The summed E-state index contributed by atoms with van der Waals surface area (Å²) in [6.07, 6.45) is 0. The highest BCUT2D eigenvalue weighted by molar-refractivity contribution is 7.89. The Morgan fingerprint density at radius 2 is 1.80 bits per heavy atom. The number of sulfonamides is 1. The lowest BCUT2D eigenvalue weighted by Gasteiger charge is -2.13. The van der Waals surface area contributed by atoms with E-state index in [4.69, 9.17) is 0 Å². The zero-order valence-corrected chi connectivity index (χ0v) is 17.5. The van der Waals surface area contributed by atoms with Crippen LogP contribution in [-0.4, -0.2) is 58.4 Å². The molecule has 2 aromatic carbocycles. The number of nitrogens with zero attached hydrogens (tertiary/aromatic N) is 2. The summed E-state index contributed by atoms with van der Waals surface area (Å²) in [5.41, 5.74) is 1.93. The van der Waals surface area contributed by atoms with E-state index in [2.05, 4.69) is 22.5 Å². The molecule has 1 aliphatic heterocycles. The molecule has 0 aromatic heterocycles. The van der Waals surface area contributed by atoms with E-state index < -0.39 is 10.0 Å². The van der Waals surface area contributed by atoms with Crippen molar-refractivity contribution in [3.05, 3.63) is 59.7 Å². The summed E-state index contributed by atoms with van der Waals surface area (Å²) in [6.45, 7) is 1.42. The minimum atomic E-state index is -3.53. The molecule has 1 heterocycles. The third-order valence-corrected chi connectivity index (χ3v) is 6.33. The summed E-state index contributed by atoms with van der Waals surface area (Å²) < 4.78 is 25.2. The highest BCUT2D eigenvalue weighted by Crippen LogP contribution is 2.17. The van der Waals surface area contributed by atoms with Crippen molar-refractivity contribution in [1.29, 1.82) is 0 Å². The van der Waals surface area contributed by atoms with Crippen LogP contribution < -0.4 is 15.5 Å². The maximum absolute atomic E-state index is 12.2. The van der Waals surface area contributed by atoms with Gasteiger partial charge in [0, 0.05) is 44.0 Å². The van der Waals surface area contributed by atoms with E-state index in [1.54, 1.807) is 4.90 Å². The Morgan fingerprint density at radius 3 is 2.37 bits per heavy atom. The smallest absolute Gasteiger partial charge is 0.321 e. The molecule has 0 unspecified atom stereocenters. The second-order valence-corrected chi connectivity index (χ2v) is 8.88. The van der Waals surface area contributed by atoms with Crippen LogP contribution in [0, 0.1) is 11.8 Å². The van der Waals surface area contributed by atoms with Gasteiger partial charge in [0.1, 0.15) is 0 Å². The molecule has 0 atom stereocenters. The Bertz CT molecular complexity index is 1100. The molecule has 0 saturated carbocycles. The van der Waals surface area contributed by atoms with E-state index >= 15 is 0 Å². The average molecular weight is 426 g/mol. The molecule has 1 aliphatic rings. The summed E-state index contributed by atoms with van der Waals surface area (Å²) in [4.78, 5) is 25.6. The summed E-state index contributed by atoms with van der Waals surface area (Å²) in [7, 11) is -0.629. The van der Waals surface area contributed by atoms with Crippen LogP contribution >= 0.6 is 0 Å². The average Bonchev–Trinajstić information content (AvgIpc) is 3.17. The van der Waals surface area contributed by atoms with Gasteiger partial charge >= 0.3 is 6.03 Å². The predicted octanol–water partition coefficient (Wildman–Crippen LogP) is 1.25. The van der Waals surface area contributed by atoms with E-state index in [1.165, 1.54) is 38.4 Å². The van der Waals surface area contributed by atoms with E-state index in [9.17, 15) is 18.0 Å². The van der Waals surface area contributed by atoms with Crippen LogP contribution in [0.3, 0.4) is 0 Å². The molecule has 8 nitrogen and oxygen atoms in total. The number of hydrogen-bond donors (Lipinski definition) is 2. The molecule has 2 aromatic rings. The first-order valence-electron chi connectivity index (χ1n) is 9.24. The molecule has 3 amide bonds. The SMILES string of the molecule is CN(C)S(=O)(=O)c1ccc(C(=O)NCC#Cc2ccc(N3CCNC3=O)cc2)cc1. The van der Waals surface area contributed by atoms with E-state index in [0.717, 1.165) is 15.6 Å². The van der Waals surface area contributed by atoms with Crippen molar-refractivity contribution in [2.45, 2.75) is 4.90 Å². The third-order valence-electron chi connectivity index (χ3n) is 4.50. The largest absolute Gasteiger partial charge is 0.341 e. The van der Waals surface area contributed by atoms with Gasteiger partial charge in [-0.05, 0) is 48.5 Å². The molecule has 0 aliphatic carbocycles. The van der Waals surface area contributed by atoms with Crippen LogP contribution in [0.4, 0.5) is 10.5 Å². The second kappa shape index (κ2) is 8.98. The molecule has 1 fully saturated rings. The van der Waals surface area contributed by atoms with Gasteiger partial charge in [0.05, 0.1) is 11.4 Å². The number of anilines is 1. The van der Waals surface area contributed by atoms with Crippen molar-refractivity contribution in [2.75, 3.05) is 38.6 Å². The molecule has 1 saturated heterocycles. The first-order chi connectivity index (χ1) is 14.3. The summed E-state index contributed by atoms with van der Waals surface area (Å²) in [5.74, 6) is 5.49. The first-order valence-corrected chi connectivity index (χ1v) is 10.7. The number of benzene rings is 2. The molecule has 2 N–H and O–H groups in total. The Balaban J connectivity index is 1.55. The van der Waals surface area contributed by atoms with Gasteiger partial charge in [-0.2, -0.15) is 0 Å². The Labute approximate surface area is 175 Å². The lowest BCUT2D eigenvalue weighted by atomic mass is 10.2. The topological polar surface area (TPSA) is 98.8 Å². The van der Waals surface area contributed by atoms with Crippen LogP contribution in [0.2, 0.25) is 0 Å². The maximum Gasteiger partial charge on any atom is 0.321 e. The number of carbonyl (C=O) groups is 2. The van der Waals surface area contributed by atoms with Gasteiger partial charge in [-0.25, -0.2) is 17.5 Å². The molecule has 0 spiro atoms. The van der Waals surface area contributed by atoms with Crippen molar-refractivity contribution in [2.24, 2.45) is 0 Å². The first kappa shape index (κ1) is 21.4. The van der Waals surface area contributed by atoms with Gasteiger partial charge in [-0.3, -0.25) is 9.69 Å². The number of amides is 3. The lowest BCUT2D eigenvalue weighted by molar-refractivity contribution is 0.0958. The number of rotatable bonds is 5. The minimum Gasteiger partial charge on any atom is -0.341 e. The second-order valence-electron chi connectivity index (χ2n) is 6.73. The van der Waals surface area contributed by atoms with Crippen molar-refractivity contribution in [1.82, 2.24) is 14.9 Å². The van der Waals surface area contributed by atoms with Crippen LogP contribution in [0.15, 0.2) is 53.4 Å². The summed E-state index contributed by atoms with van der Waals surface area (Å²) in [6, 6.07) is 12.9. The summed E-state index contributed by atoms with van der Waals surface area (Å²) >= 11 is 0. The van der Waals surface area contributed by atoms with Crippen LogP contribution in [0.5, 0.6) is 0 Å². The quantitative estimate of drug-likeness (QED) is 0.703. The Morgan fingerprint density at radius 1 is 1.13 bits per heavy atom. The summed E-state index contributed by atoms with van der Waals surface area (Å²) in [5, 5.41) is 5.43. The fraction of sp³-hybridized carbons (Fsp3) is 0.238. The van der Waals surface area contributed by atoms with E-state index in [1.807, 2.05) is 24.3 Å². The number of hydrogen-bond acceptors (Lipinski definition) is 4. The van der Waals surface area contributed by atoms with Crippen LogP contribution in [0.25, 0.3) is 0 Å². The molecule has 156 valence electrons. The molecule has 30 heavy (non-hydrogen) atoms. The molecular weight excluding hydrogens is 404 g/mol. The maximum atomic E-state index is 12.2. The van der Waals surface area contributed by atoms with Crippen LogP contribution in [0.1, 0.15) is 15.9 Å². The van der Waals surface area contributed by atoms with Crippen molar-refractivity contribution >= 4 is 27.6 Å². The zero-order chi connectivity index (χ0) is 21.7. The van der Waals surface area contributed by atoms with Crippen molar-refractivity contribution < 1.29 is 18.0 Å². The fourth-order valence-electron chi connectivity index (χ4n) is 2.80. The standard InChI is InChI=1S/C21H22N4O4S/c1-24(2)30(28,29)19-11-7-17(8-12-19)20(26)22-13-3-4-16-5-9-18(10-6-16)25-15-14-23-21(25)27/h5-12H,13-15H2,1-2H3,(H,22,26)(H,23,27). The highest BCUT2D eigenvalue weighted by Gasteiger charge is 2.20. The molecule has 0 bridgehead atoms. The minimum absolute atomic E-state index is 0.108. The monoisotopic (exact) mass is 426 g/mol.